The molecule has 0 saturated carbocycles. The van der Waals surface area contributed by atoms with E-state index >= 15 is 0 Å². The average molecular weight is 303 g/mol. The molecule has 7 heteroatoms. The van der Waals surface area contributed by atoms with E-state index < -0.39 is 5.76 Å². The quantitative estimate of drug-likeness (QED) is 0.859. The molecule has 1 aromatic heterocycles. The molecule has 0 spiro atoms. The zero-order valence-corrected chi connectivity index (χ0v) is 12.2. The smallest absolute Gasteiger partial charge is 0.438 e. The van der Waals surface area contributed by atoms with E-state index in [-0.39, 0.29) is 6.79 Å². The number of fused-ring (bicyclic) bond motifs is 1. The van der Waals surface area contributed by atoms with Crippen LogP contribution in [0.5, 0.6) is 11.5 Å². The third kappa shape index (κ3) is 2.48. The number of hydrogen-bond acceptors (Lipinski definition) is 6. The van der Waals surface area contributed by atoms with Crippen LogP contribution in [0.2, 0.25) is 0 Å². The summed E-state index contributed by atoms with van der Waals surface area (Å²) in [6.45, 7) is 2.69. The molecule has 0 N–H and O–H groups in total. The first-order valence-electron chi connectivity index (χ1n) is 7.50. The summed E-state index contributed by atoms with van der Waals surface area (Å²) in [5, 5.41) is 4.30. The minimum atomic E-state index is -0.432. The van der Waals surface area contributed by atoms with Gasteiger partial charge in [-0.25, -0.2) is 4.79 Å². The second kappa shape index (κ2) is 5.49. The Bertz CT molecular complexity index is 731. The number of likely N-dealkylation sites (tertiary alicyclic amines) is 1. The van der Waals surface area contributed by atoms with Gasteiger partial charge in [0, 0.05) is 5.56 Å². The molecule has 0 bridgehead atoms. The van der Waals surface area contributed by atoms with Crippen LogP contribution in [0.1, 0.15) is 19.3 Å². The van der Waals surface area contributed by atoms with Crippen LogP contribution in [-0.2, 0) is 6.67 Å². The lowest BCUT2D eigenvalue weighted by Crippen LogP contribution is -2.35. The van der Waals surface area contributed by atoms with Crippen molar-refractivity contribution in [2.45, 2.75) is 25.9 Å². The van der Waals surface area contributed by atoms with E-state index in [2.05, 4.69) is 10.00 Å². The SMILES string of the molecule is O=c1oc(-c2ccc3c(c2)OCO3)nn1CN1CCCCC1. The highest BCUT2D eigenvalue weighted by molar-refractivity contribution is 5.60. The van der Waals surface area contributed by atoms with Gasteiger partial charge in [0.15, 0.2) is 11.5 Å². The van der Waals surface area contributed by atoms with Crippen molar-refractivity contribution in [2.75, 3.05) is 19.9 Å². The fourth-order valence-electron chi connectivity index (χ4n) is 2.83. The van der Waals surface area contributed by atoms with Gasteiger partial charge in [-0.05, 0) is 44.1 Å². The van der Waals surface area contributed by atoms with Crippen molar-refractivity contribution in [1.82, 2.24) is 14.7 Å². The highest BCUT2D eigenvalue weighted by Crippen LogP contribution is 2.35. The third-order valence-electron chi connectivity index (χ3n) is 4.01. The molecular weight excluding hydrogens is 286 g/mol. The second-order valence-corrected chi connectivity index (χ2v) is 5.56. The number of ether oxygens (including phenoxy) is 2. The molecule has 1 aromatic carbocycles. The minimum absolute atomic E-state index is 0.214. The molecule has 1 fully saturated rings. The van der Waals surface area contributed by atoms with Crippen LogP contribution >= 0.6 is 0 Å². The van der Waals surface area contributed by atoms with Crippen LogP contribution in [0.4, 0.5) is 0 Å². The highest BCUT2D eigenvalue weighted by atomic mass is 16.7. The third-order valence-corrected chi connectivity index (χ3v) is 4.01. The van der Waals surface area contributed by atoms with E-state index in [1.807, 2.05) is 6.07 Å². The van der Waals surface area contributed by atoms with Gasteiger partial charge in [0.25, 0.3) is 0 Å². The van der Waals surface area contributed by atoms with Crippen LogP contribution in [-0.4, -0.2) is 34.6 Å². The van der Waals surface area contributed by atoms with Gasteiger partial charge in [0.05, 0.1) is 0 Å². The van der Waals surface area contributed by atoms with Crippen LogP contribution < -0.4 is 15.2 Å². The predicted octanol–water partition coefficient (Wildman–Crippen LogP) is 1.68. The van der Waals surface area contributed by atoms with E-state index in [0.29, 0.717) is 29.6 Å². The maximum atomic E-state index is 12.0. The Morgan fingerprint density at radius 3 is 2.77 bits per heavy atom. The molecular formula is C15H17N3O4. The molecule has 4 rings (SSSR count). The summed E-state index contributed by atoms with van der Waals surface area (Å²) < 4.78 is 17.3. The van der Waals surface area contributed by atoms with Crippen molar-refractivity contribution in [3.8, 4) is 23.0 Å². The lowest BCUT2D eigenvalue weighted by Gasteiger charge is -2.25. The number of nitrogens with zero attached hydrogens (tertiary/aromatic N) is 3. The van der Waals surface area contributed by atoms with Crippen LogP contribution in [0.25, 0.3) is 11.5 Å². The van der Waals surface area contributed by atoms with Gasteiger partial charge >= 0.3 is 5.76 Å². The fourth-order valence-corrected chi connectivity index (χ4v) is 2.83. The summed E-state index contributed by atoms with van der Waals surface area (Å²) in [6.07, 6.45) is 3.59. The molecule has 2 aromatic rings. The molecule has 0 radical (unpaired) electrons. The van der Waals surface area contributed by atoms with Gasteiger partial charge in [-0.15, -0.1) is 5.10 Å². The molecule has 0 atom stereocenters. The van der Waals surface area contributed by atoms with Gasteiger partial charge in [-0.1, -0.05) is 6.42 Å². The van der Waals surface area contributed by atoms with Crippen LogP contribution in [0.15, 0.2) is 27.4 Å². The van der Waals surface area contributed by atoms with E-state index in [1.165, 1.54) is 23.9 Å². The number of hydrogen-bond donors (Lipinski definition) is 0. The molecule has 1 saturated heterocycles. The molecule has 7 nitrogen and oxygen atoms in total. The monoisotopic (exact) mass is 303 g/mol. The predicted molar refractivity (Wildman–Crippen MR) is 77.7 cm³/mol. The zero-order valence-electron chi connectivity index (χ0n) is 12.2. The van der Waals surface area contributed by atoms with E-state index in [4.69, 9.17) is 13.9 Å². The first-order chi connectivity index (χ1) is 10.8. The Balaban J connectivity index is 1.58. The van der Waals surface area contributed by atoms with E-state index in [0.717, 1.165) is 13.1 Å². The van der Waals surface area contributed by atoms with E-state index in [1.54, 1.807) is 12.1 Å². The Kier molecular flexibility index (Phi) is 3.34. The lowest BCUT2D eigenvalue weighted by atomic mass is 10.1. The molecule has 0 unspecified atom stereocenters. The maximum Gasteiger partial charge on any atom is 0.438 e. The van der Waals surface area contributed by atoms with Crippen molar-refractivity contribution in [3.05, 3.63) is 28.7 Å². The Morgan fingerprint density at radius 1 is 1.09 bits per heavy atom. The largest absolute Gasteiger partial charge is 0.454 e. The van der Waals surface area contributed by atoms with Gasteiger partial charge in [0.2, 0.25) is 12.7 Å². The summed E-state index contributed by atoms with van der Waals surface area (Å²) in [4.78, 5) is 14.2. The standard InChI is InChI=1S/C15H17N3O4/c19-15-18(9-17-6-2-1-3-7-17)16-14(22-15)11-4-5-12-13(8-11)21-10-20-12/h4-5,8H,1-3,6-7,9-10H2. The zero-order chi connectivity index (χ0) is 14.9. The second-order valence-electron chi connectivity index (χ2n) is 5.56. The Hall–Kier alpha value is -2.28. The van der Waals surface area contributed by atoms with Gasteiger partial charge in [-0.2, -0.15) is 4.68 Å². The molecule has 3 heterocycles. The minimum Gasteiger partial charge on any atom is -0.454 e. The topological polar surface area (TPSA) is 69.7 Å². The van der Waals surface area contributed by atoms with Gasteiger partial charge < -0.3 is 13.9 Å². The summed E-state index contributed by atoms with van der Waals surface area (Å²) in [5.74, 6) is 1.21. The van der Waals surface area contributed by atoms with Gasteiger partial charge in [0.1, 0.15) is 6.67 Å². The summed E-state index contributed by atoms with van der Waals surface area (Å²) >= 11 is 0. The van der Waals surface area contributed by atoms with Crippen molar-refractivity contribution >= 4 is 0 Å². The normalized spacial score (nSPS) is 17.8. The average Bonchev–Trinajstić information content (AvgIpc) is 3.15. The first kappa shape index (κ1) is 13.4. The fraction of sp³-hybridized carbons (Fsp3) is 0.467. The van der Waals surface area contributed by atoms with Crippen molar-refractivity contribution in [2.24, 2.45) is 0 Å². The molecule has 22 heavy (non-hydrogen) atoms. The molecule has 0 amide bonds. The summed E-state index contributed by atoms with van der Waals surface area (Å²) in [7, 11) is 0. The van der Waals surface area contributed by atoms with E-state index in [9.17, 15) is 4.79 Å². The Labute approximate surface area is 127 Å². The van der Waals surface area contributed by atoms with Crippen LogP contribution in [0, 0.1) is 0 Å². The Morgan fingerprint density at radius 2 is 1.91 bits per heavy atom. The summed E-state index contributed by atoms with van der Waals surface area (Å²) in [5.41, 5.74) is 0.707. The highest BCUT2D eigenvalue weighted by Gasteiger charge is 2.18. The number of aromatic nitrogens is 2. The van der Waals surface area contributed by atoms with Crippen molar-refractivity contribution < 1.29 is 13.9 Å². The number of piperidine rings is 1. The molecule has 116 valence electrons. The van der Waals surface area contributed by atoms with Crippen molar-refractivity contribution in [1.29, 1.82) is 0 Å². The molecule has 0 aliphatic carbocycles. The molecule has 2 aliphatic heterocycles. The number of rotatable bonds is 3. The number of benzene rings is 1. The maximum absolute atomic E-state index is 12.0. The summed E-state index contributed by atoms with van der Waals surface area (Å²) in [6, 6.07) is 5.38. The lowest BCUT2D eigenvalue weighted by molar-refractivity contribution is 0.168. The van der Waals surface area contributed by atoms with Crippen molar-refractivity contribution in [3.63, 3.8) is 0 Å². The van der Waals surface area contributed by atoms with Gasteiger partial charge in [-0.3, -0.25) is 4.90 Å². The first-order valence-corrected chi connectivity index (χ1v) is 7.50. The van der Waals surface area contributed by atoms with Crippen LogP contribution in [0.3, 0.4) is 0 Å². The molecule has 2 aliphatic rings.